The van der Waals surface area contributed by atoms with Crippen LogP contribution in [-0.4, -0.2) is 46.4 Å². The van der Waals surface area contributed by atoms with Gasteiger partial charge in [-0.05, 0) is 101 Å². The molecule has 2 fully saturated rings. The van der Waals surface area contributed by atoms with E-state index in [1.807, 2.05) is 6.08 Å². The molecule has 0 spiro atoms. The second-order valence-electron chi connectivity index (χ2n) is 12.9. The number of likely N-dealkylation sites (tertiary alicyclic amines) is 1. The molecule has 4 aliphatic rings. The van der Waals surface area contributed by atoms with E-state index < -0.39 is 5.60 Å². The lowest BCUT2D eigenvalue weighted by Crippen LogP contribution is -2.53. The molecule has 0 aromatic carbocycles. The number of hydrogen-bond acceptors (Lipinski definition) is 3. The average Bonchev–Trinajstić information content (AvgIpc) is 3.06. The minimum Gasteiger partial charge on any atom is -0.389 e. The molecule has 198 valence electrons. The van der Waals surface area contributed by atoms with Gasteiger partial charge in [-0.1, -0.05) is 43.9 Å². The van der Waals surface area contributed by atoms with Gasteiger partial charge in [0.25, 0.3) is 0 Å². The number of carbonyl (C=O) groups excluding carboxylic acids is 1. The fourth-order valence-corrected chi connectivity index (χ4v) is 8.38. The monoisotopic (exact) mass is 503 g/mol. The van der Waals surface area contributed by atoms with E-state index in [1.165, 1.54) is 43.3 Å². The predicted octanol–water partition coefficient (Wildman–Crippen LogP) is 7.46. The Labute approximate surface area is 219 Å². The molecule has 4 heteroatoms. The SMILES string of the molecule is CC1=C(CC2CCCCC3=CC(=O)CCC32C)CCCC(O)([C@H](C)C2CCC(C)CN2CCCl)C1. The standard InChI is InChI=1S/C31H50ClNO2/c1-22-11-12-29(33(21-22)17-16-32)24(3)31(35)14-7-8-25(23(2)20-31)18-26-9-5-6-10-27-19-28(34)13-15-30(26,27)4/h19,22,24,26,29,35H,5-18,20-21H2,1-4H3/t22?,24-,26?,29?,30?,31?/m1/s1. The fraction of sp³-hybridized carbons (Fsp3) is 0.839. The van der Waals surface area contributed by atoms with E-state index in [-0.39, 0.29) is 11.3 Å². The van der Waals surface area contributed by atoms with E-state index in [2.05, 4.69) is 32.6 Å². The summed E-state index contributed by atoms with van der Waals surface area (Å²) in [5.41, 5.74) is 4.02. The minimum absolute atomic E-state index is 0.175. The highest BCUT2D eigenvalue weighted by atomic mass is 35.5. The summed E-state index contributed by atoms with van der Waals surface area (Å²) in [7, 11) is 0. The minimum atomic E-state index is -0.628. The average molecular weight is 504 g/mol. The highest BCUT2D eigenvalue weighted by molar-refractivity contribution is 6.18. The van der Waals surface area contributed by atoms with Crippen LogP contribution >= 0.6 is 11.6 Å². The number of nitrogens with zero attached hydrogens (tertiary/aromatic N) is 1. The Morgan fingerprint density at radius 3 is 2.71 bits per heavy atom. The lowest BCUT2D eigenvalue weighted by Gasteiger charge is -2.47. The molecule has 0 aromatic rings. The predicted molar refractivity (Wildman–Crippen MR) is 147 cm³/mol. The van der Waals surface area contributed by atoms with Gasteiger partial charge in [-0.3, -0.25) is 9.69 Å². The third kappa shape index (κ3) is 5.93. The Morgan fingerprint density at radius 1 is 1.14 bits per heavy atom. The molecular weight excluding hydrogens is 454 g/mol. The van der Waals surface area contributed by atoms with Crippen LogP contribution in [0.2, 0.25) is 0 Å². The lowest BCUT2D eigenvalue weighted by molar-refractivity contribution is -0.116. The number of halogens is 1. The maximum Gasteiger partial charge on any atom is 0.155 e. The van der Waals surface area contributed by atoms with Gasteiger partial charge in [0.15, 0.2) is 5.78 Å². The number of piperidine rings is 1. The highest BCUT2D eigenvalue weighted by Gasteiger charge is 2.44. The lowest BCUT2D eigenvalue weighted by atomic mass is 9.63. The van der Waals surface area contributed by atoms with Crippen molar-refractivity contribution >= 4 is 17.4 Å². The van der Waals surface area contributed by atoms with Gasteiger partial charge < -0.3 is 5.11 Å². The molecule has 0 aromatic heterocycles. The molecule has 1 saturated carbocycles. The van der Waals surface area contributed by atoms with Crippen molar-refractivity contribution in [1.82, 2.24) is 4.90 Å². The summed E-state index contributed by atoms with van der Waals surface area (Å²) in [6.07, 6.45) is 16.1. The smallest absolute Gasteiger partial charge is 0.155 e. The second-order valence-corrected chi connectivity index (χ2v) is 13.3. The van der Waals surface area contributed by atoms with E-state index in [0.29, 0.717) is 36.0 Å². The Hall–Kier alpha value is -0.640. The molecule has 3 nitrogen and oxygen atoms in total. The Morgan fingerprint density at radius 2 is 1.94 bits per heavy atom. The first kappa shape index (κ1) is 27.4. The summed E-state index contributed by atoms with van der Waals surface area (Å²) < 4.78 is 0. The van der Waals surface area contributed by atoms with Gasteiger partial charge in [0.05, 0.1) is 5.60 Å². The third-order valence-electron chi connectivity index (χ3n) is 10.6. The molecule has 6 atom stereocenters. The first-order valence-corrected chi connectivity index (χ1v) is 15.1. The number of aliphatic hydroxyl groups is 1. The van der Waals surface area contributed by atoms with Crippen LogP contribution in [0.15, 0.2) is 22.8 Å². The van der Waals surface area contributed by atoms with Gasteiger partial charge in [-0.25, -0.2) is 0 Å². The zero-order valence-corrected chi connectivity index (χ0v) is 23.6. The molecule has 0 bridgehead atoms. The van der Waals surface area contributed by atoms with E-state index in [1.54, 1.807) is 5.57 Å². The molecular formula is C31H50ClNO2. The summed E-state index contributed by atoms with van der Waals surface area (Å²) >= 11 is 6.18. The van der Waals surface area contributed by atoms with Crippen molar-refractivity contribution in [2.75, 3.05) is 19.0 Å². The number of fused-ring (bicyclic) bond motifs is 1. The van der Waals surface area contributed by atoms with E-state index in [9.17, 15) is 9.90 Å². The van der Waals surface area contributed by atoms with Gasteiger partial charge >= 0.3 is 0 Å². The number of ketones is 1. The first-order valence-electron chi connectivity index (χ1n) is 14.6. The van der Waals surface area contributed by atoms with Crippen molar-refractivity contribution < 1.29 is 9.90 Å². The number of allylic oxidation sites excluding steroid dienone is 3. The quantitative estimate of drug-likeness (QED) is 0.302. The first-order chi connectivity index (χ1) is 16.7. The van der Waals surface area contributed by atoms with Crippen molar-refractivity contribution in [2.45, 2.75) is 123 Å². The van der Waals surface area contributed by atoms with Crippen LogP contribution in [0.1, 0.15) is 111 Å². The topological polar surface area (TPSA) is 40.5 Å². The number of carbonyl (C=O) groups is 1. The van der Waals surface area contributed by atoms with Crippen molar-refractivity contribution in [2.24, 2.45) is 23.2 Å². The van der Waals surface area contributed by atoms with Crippen molar-refractivity contribution in [3.05, 3.63) is 22.8 Å². The molecule has 1 saturated heterocycles. The van der Waals surface area contributed by atoms with Crippen molar-refractivity contribution in [1.29, 1.82) is 0 Å². The van der Waals surface area contributed by atoms with Crippen LogP contribution < -0.4 is 0 Å². The van der Waals surface area contributed by atoms with Gasteiger partial charge in [0.2, 0.25) is 0 Å². The molecule has 1 heterocycles. The number of alkyl halides is 1. The molecule has 5 unspecified atom stereocenters. The molecule has 1 aliphatic heterocycles. The van der Waals surface area contributed by atoms with Gasteiger partial charge in [0.1, 0.15) is 0 Å². The molecule has 3 aliphatic carbocycles. The van der Waals surface area contributed by atoms with E-state index >= 15 is 0 Å². The van der Waals surface area contributed by atoms with Crippen LogP contribution in [0.4, 0.5) is 0 Å². The van der Waals surface area contributed by atoms with Gasteiger partial charge in [0, 0.05) is 37.4 Å². The zero-order chi connectivity index (χ0) is 25.2. The van der Waals surface area contributed by atoms with E-state index in [0.717, 1.165) is 58.0 Å². The molecule has 4 rings (SSSR count). The summed E-state index contributed by atoms with van der Waals surface area (Å²) in [4.78, 5) is 14.8. The summed E-state index contributed by atoms with van der Waals surface area (Å²) in [5.74, 6) is 2.59. The van der Waals surface area contributed by atoms with E-state index in [4.69, 9.17) is 11.6 Å². The van der Waals surface area contributed by atoms with Crippen molar-refractivity contribution in [3.63, 3.8) is 0 Å². The molecule has 0 amide bonds. The van der Waals surface area contributed by atoms with Crippen LogP contribution in [-0.2, 0) is 4.79 Å². The van der Waals surface area contributed by atoms with Crippen molar-refractivity contribution in [3.8, 4) is 0 Å². The van der Waals surface area contributed by atoms with Crippen LogP contribution in [0.25, 0.3) is 0 Å². The Balaban J connectivity index is 1.52. The maximum atomic E-state index is 12.2. The zero-order valence-electron chi connectivity index (χ0n) is 22.9. The van der Waals surface area contributed by atoms with Crippen LogP contribution in [0, 0.1) is 23.2 Å². The Bertz CT molecular complexity index is 834. The molecule has 0 radical (unpaired) electrons. The number of hydrogen-bond donors (Lipinski definition) is 1. The summed E-state index contributed by atoms with van der Waals surface area (Å²) in [6, 6.07) is 0.428. The summed E-state index contributed by atoms with van der Waals surface area (Å²) in [5, 5.41) is 12.1. The third-order valence-corrected chi connectivity index (χ3v) is 10.8. The summed E-state index contributed by atoms with van der Waals surface area (Å²) in [6.45, 7) is 11.4. The van der Waals surface area contributed by atoms with Gasteiger partial charge in [-0.15, -0.1) is 11.6 Å². The Kier molecular flexibility index (Phi) is 8.92. The van der Waals surface area contributed by atoms with Crippen LogP contribution in [0.3, 0.4) is 0 Å². The number of rotatable bonds is 6. The van der Waals surface area contributed by atoms with Gasteiger partial charge in [-0.2, -0.15) is 0 Å². The second kappa shape index (κ2) is 11.4. The molecule has 35 heavy (non-hydrogen) atoms. The van der Waals surface area contributed by atoms with Crippen LogP contribution in [0.5, 0.6) is 0 Å². The maximum absolute atomic E-state index is 12.2. The normalized spacial score (nSPS) is 38.4. The largest absolute Gasteiger partial charge is 0.389 e. The highest BCUT2D eigenvalue weighted by Crippen LogP contribution is 2.52. The molecule has 1 N–H and O–H groups in total. The fourth-order valence-electron chi connectivity index (χ4n) is 8.16.